The van der Waals surface area contributed by atoms with E-state index in [1.165, 1.54) is 17.4 Å². The largest absolute Gasteiger partial charge is 0.385 e. The molecular weight excluding hydrogens is 278 g/mol. The van der Waals surface area contributed by atoms with Crippen LogP contribution in [0.2, 0.25) is 0 Å². The summed E-state index contributed by atoms with van der Waals surface area (Å²) < 4.78 is 3.24. The summed E-state index contributed by atoms with van der Waals surface area (Å²) in [6.45, 7) is 1.76. The molecule has 2 N–H and O–H groups in total. The van der Waals surface area contributed by atoms with E-state index >= 15 is 0 Å². The second-order valence-electron chi connectivity index (χ2n) is 6.92. The average molecular weight is 305 g/mol. The van der Waals surface area contributed by atoms with Gasteiger partial charge in [0.05, 0.1) is 5.56 Å². The fraction of sp³-hybridized carbons (Fsp3) is 0.765. The van der Waals surface area contributed by atoms with Crippen LogP contribution in [0.5, 0.6) is 0 Å². The van der Waals surface area contributed by atoms with Gasteiger partial charge in [0.2, 0.25) is 0 Å². The maximum Gasteiger partial charge on any atom is 0.333 e. The molecule has 1 heterocycles. The van der Waals surface area contributed by atoms with Crippen LogP contribution in [0.3, 0.4) is 0 Å². The van der Waals surface area contributed by atoms with Gasteiger partial charge in [-0.25, -0.2) is 4.79 Å². The molecule has 0 spiro atoms. The Morgan fingerprint density at radius 3 is 1.77 bits per heavy atom. The highest BCUT2D eigenvalue weighted by Gasteiger charge is 2.26. The number of nitrogen functional groups attached to an aromatic ring is 1. The monoisotopic (exact) mass is 305 g/mol. The standard InChI is InChI=1S/C17H27N3O2/c1-12-15(18)19(13-8-4-2-5-9-13)17(22)20(16(12)21)14-10-6-3-7-11-14/h13-14H,2-11,18H2,1H3. The summed E-state index contributed by atoms with van der Waals surface area (Å²) in [5.41, 5.74) is 6.35. The molecule has 0 aromatic carbocycles. The molecule has 0 radical (unpaired) electrons. The van der Waals surface area contributed by atoms with Crippen LogP contribution in [0, 0.1) is 6.92 Å². The van der Waals surface area contributed by atoms with Crippen LogP contribution >= 0.6 is 0 Å². The molecule has 1 aromatic rings. The topological polar surface area (TPSA) is 70.0 Å². The van der Waals surface area contributed by atoms with Crippen molar-refractivity contribution < 1.29 is 0 Å². The lowest BCUT2D eigenvalue weighted by molar-refractivity contribution is 0.301. The van der Waals surface area contributed by atoms with Gasteiger partial charge in [0, 0.05) is 12.1 Å². The zero-order valence-corrected chi connectivity index (χ0v) is 13.5. The van der Waals surface area contributed by atoms with Gasteiger partial charge in [0.25, 0.3) is 5.56 Å². The molecule has 0 unspecified atom stereocenters. The van der Waals surface area contributed by atoms with Crippen molar-refractivity contribution in [2.75, 3.05) is 5.73 Å². The van der Waals surface area contributed by atoms with E-state index in [1.54, 1.807) is 11.5 Å². The number of hydrogen-bond acceptors (Lipinski definition) is 3. The van der Waals surface area contributed by atoms with E-state index in [-0.39, 0.29) is 23.3 Å². The summed E-state index contributed by atoms with van der Waals surface area (Å²) in [5.74, 6) is 0.383. The van der Waals surface area contributed by atoms with Gasteiger partial charge < -0.3 is 5.73 Å². The average Bonchev–Trinajstić information content (AvgIpc) is 2.55. The molecular formula is C17H27N3O2. The minimum absolute atomic E-state index is 0.0582. The van der Waals surface area contributed by atoms with E-state index in [2.05, 4.69) is 0 Å². The molecule has 22 heavy (non-hydrogen) atoms. The van der Waals surface area contributed by atoms with Crippen LogP contribution in [0.1, 0.15) is 81.9 Å². The second-order valence-corrected chi connectivity index (χ2v) is 6.92. The summed E-state index contributed by atoms with van der Waals surface area (Å²) in [6.07, 6.45) is 10.8. The van der Waals surface area contributed by atoms with Crippen molar-refractivity contribution in [2.45, 2.75) is 83.2 Å². The van der Waals surface area contributed by atoms with Crippen molar-refractivity contribution in [2.24, 2.45) is 0 Å². The Morgan fingerprint density at radius 2 is 1.27 bits per heavy atom. The first kappa shape index (κ1) is 15.4. The van der Waals surface area contributed by atoms with Crippen LogP contribution < -0.4 is 17.0 Å². The number of rotatable bonds is 2. The quantitative estimate of drug-likeness (QED) is 0.913. The maximum absolute atomic E-state index is 13.0. The highest BCUT2D eigenvalue weighted by molar-refractivity contribution is 5.38. The van der Waals surface area contributed by atoms with Crippen molar-refractivity contribution in [1.82, 2.24) is 9.13 Å². The predicted octanol–water partition coefficient (Wildman–Crippen LogP) is 2.91. The van der Waals surface area contributed by atoms with Gasteiger partial charge in [-0.05, 0) is 32.6 Å². The first-order valence-corrected chi connectivity index (χ1v) is 8.74. The Labute approximate surface area is 131 Å². The molecule has 3 rings (SSSR count). The molecule has 1 aromatic heterocycles. The molecule has 0 aliphatic heterocycles. The Kier molecular flexibility index (Phi) is 4.41. The molecule has 2 aliphatic carbocycles. The Balaban J connectivity index is 2.11. The molecule has 122 valence electrons. The van der Waals surface area contributed by atoms with E-state index < -0.39 is 0 Å². The SMILES string of the molecule is Cc1c(N)n(C2CCCCC2)c(=O)n(C2CCCCC2)c1=O. The van der Waals surface area contributed by atoms with E-state index in [4.69, 9.17) is 5.73 Å². The van der Waals surface area contributed by atoms with Gasteiger partial charge >= 0.3 is 5.69 Å². The normalized spacial score (nSPS) is 21.1. The van der Waals surface area contributed by atoms with Gasteiger partial charge in [-0.3, -0.25) is 13.9 Å². The van der Waals surface area contributed by atoms with Gasteiger partial charge in [0.1, 0.15) is 5.82 Å². The van der Waals surface area contributed by atoms with Gasteiger partial charge in [-0.2, -0.15) is 0 Å². The number of aromatic nitrogens is 2. The zero-order chi connectivity index (χ0) is 15.7. The van der Waals surface area contributed by atoms with E-state index in [0.717, 1.165) is 51.4 Å². The molecule has 2 aliphatic rings. The molecule has 5 heteroatoms. The van der Waals surface area contributed by atoms with E-state index in [1.807, 2.05) is 0 Å². The van der Waals surface area contributed by atoms with Crippen molar-refractivity contribution in [3.8, 4) is 0 Å². The molecule has 0 atom stereocenters. The lowest BCUT2D eigenvalue weighted by Gasteiger charge is -2.29. The number of nitrogens with zero attached hydrogens (tertiary/aromatic N) is 2. The van der Waals surface area contributed by atoms with E-state index in [9.17, 15) is 9.59 Å². The van der Waals surface area contributed by atoms with Crippen molar-refractivity contribution >= 4 is 5.82 Å². The number of nitrogens with two attached hydrogens (primary N) is 1. The molecule has 0 bridgehead atoms. The highest BCUT2D eigenvalue weighted by atomic mass is 16.2. The number of hydrogen-bond donors (Lipinski definition) is 1. The van der Waals surface area contributed by atoms with Gasteiger partial charge in [-0.15, -0.1) is 0 Å². The Bertz CT molecular complexity index is 647. The van der Waals surface area contributed by atoms with Crippen molar-refractivity contribution in [3.05, 3.63) is 26.4 Å². The minimum Gasteiger partial charge on any atom is -0.385 e. The van der Waals surface area contributed by atoms with Gasteiger partial charge in [0.15, 0.2) is 0 Å². The zero-order valence-electron chi connectivity index (χ0n) is 13.5. The first-order chi connectivity index (χ1) is 10.6. The summed E-state index contributed by atoms with van der Waals surface area (Å²) in [5, 5.41) is 0. The summed E-state index contributed by atoms with van der Waals surface area (Å²) in [4.78, 5) is 25.6. The third kappa shape index (κ3) is 2.61. The fourth-order valence-corrected chi connectivity index (χ4v) is 4.13. The van der Waals surface area contributed by atoms with Crippen molar-refractivity contribution in [1.29, 1.82) is 0 Å². The van der Waals surface area contributed by atoms with Crippen molar-refractivity contribution in [3.63, 3.8) is 0 Å². The molecule has 2 fully saturated rings. The van der Waals surface area contributed by atoms with Crippen LogP contribution in [0.4, 0.5) is 5.82 Å². The third-order valence-corrected chi connectivity index (χ3v) is 5.48. The Hall–Kier alpha value is -1.52. The van der Waals surface area contributed by atoms with Gasteiger partial charge in [-0.1, -0.05) is 38.5 Å². The summed E-state index contributed by atoms with van der Waals surface area (Å²) in [7, 11) is 0. The van der Waals surface area contributed by atoms with E-state index in [0.29, 0.717) is 11.4 Å². The first-order valence-electron chi connectivity index (χ1n) is 8.74. The molecule has 0 amide bonds. The lowest BCUT2D eigenvalue weighted by Crippen LogP contribution is -2.46. The smallest absolute Gasteiger partial charge is 0.333 e. The second kappa shape index (κ2) is 6.31. The maximum atomic E-state index is 13.0. The molecule has 2 saturated carbocycles. The summed E-state index contributed by atoms with van der Waals surface area (Å²) >= 11 is 0. The molecule has 0 saturated heterocycles. The molecule has 5 nitrogen and oxygen atoms in total. The third-order valence-electron chi connectivity index (χ3n) is 5.48. The van der Waals surface area contributed by atoms with Crippen LogP contribution in [0.25, 0.3) is 0 Å². The highest BCUT2D eigenvalue weighted by Crippen LogP contribution is 2.30. The fourth-order valence-electron chi connectivity index (χ4n) is 4.13. The number of anilines is 1. The van der Waals surface area contributed by atoms with Crippen LogP contribution in [-0.2, 0) is 0 Å². The predicted molar refractivity (Wildman–Crippen MR) is 88.4 cm³/mol. The summed E-state index contributed by atoms with van der Waals surface area (Å²) in [6, 6.07) is 0.221. The minimum atomic E-state index is -0.179. The Morgan fingerprint density at radius 1 is 0.818 bits per heavy atom. The lowest BCUT2D eigenvalue weighted by atomic mass is 9.94. The van der Waals surface area contributed by atoms with Crippen LogP contribution in [0.15, 0.2) is 9.59 Å². The van der Waals surface area contributed by atoms with Crippen LogP contribution in [-0.4, -0.2) is 9.13 Å².